The van der Waals surface area contributed by atoms with E-state index in [1.54, 1.807) is 7.11 Å². The van der Waals surface area contributed by atoms with Gasteiger partial charge in [0.25, 0.3) is 0 Å². The van der Waals surface area contributed by atoms with Crippen molar-refractivity contribution in [3.05, 3.63) is 0 Å². The number of carbonyl (C=O) groups is 1. The lowest BCUT2D eigenvalue weighted by molar-refractivity contribution is -0.123. The number of piperidine rings is 1. The Morgan fingerprint density at radius 1 is 1.50 bits per heavy atom. The molecule has 18 heavy (non-hydrogen) atoms. The van der Waals surface area contributed by atoms with Crippen LogP contribution in [0.15, 0.2) is 0 Å². The first-order chi connectivity index (χ1) is 8.65. The molecule has 0 aromatic carbocycles. The highest BCUT2D eigenvalue weighted by atomic mass is 16.5. The largest absolute Gasteiger partial charge is 0.383 e. The Labute approximate surface area is 110 Å². The molecule has 0 aromatic heterocycles. The number of nitrogens with one attached hydrogen (secondary N) is 2. The van der Waals surface area contributed by atoms with E-state index in [-0.39, 0.29) is 11.9 Å². The zero-order valence-electron chi connectivity index (χ0n) is 11.9. The average Bonchev–Trinajstić information content (AvgIpc) is 2.37. The maximum absolute atomic E-state index is 11.7. The topological polar surface area (TPSA) is 53.6 Å². The molecule has 0 saturated carbocycles. The van der Waals surface area contributed by atoms with E-state index in [1.165, 1.54) is 25.8 Å². The van der Waals surface area contributed by atoms with Crippen LogP contribution in [0.2, 0.25) is 0 Å². The van der Waals surface area contributed by atoms with Gasteiger partial charge in [0, 0.05) is 26.2 Å². The molecule has 1 fully saturated rings. The molecule has 2 unspecified atom stereocenters. The van der Waals surface area contributed by atoms with Gasteiger partial charge in [0.05, 0.1) is 12.6 Å². The third-order valence-corrected chi connectivity index (χ3v) is 3.58. The number of hydrogen-bond acceptors (Lipinski definition) is 4. The number of methoxy groups -OCH3 is 1. The second-order valence-electron chi connectivity index (χ2n) is 5.04. The third kappa shape index (κ3) is 5.33. The molecule has 5 heteroatoms. The van der Waals surface area contributed by atoms with Gasteiger partial charge in [0.1, 0.15) is 0 Å². The Balaban J connectivity index is 2.18. The van der Waals surface area contributed by atoms with Crippen LogP contribution in [0.25, 0.3) is 0 Å². The van der Waals surface area contributed by atoms with E-state index in [4.69, 9.17) is 4.74 Å². The fourth-order valence-electron chi connectivity index (χ4n) is 2.24. The Morgan fingerprint density at radius 3 is 2.94 bits per heavy atom. The fraction of sp³-hybridized carbons (Fsp3) is 0.923. The van der Waals surface area contributed by atoms with E-state index in [0.717, 1.165) is 6.54 Å². The van der Waals surface area contributed by atoms with E-state index < -0.39 is 0 Å². The normalized spacial score (nSPS) is 22.7. The van der Waals surface area contributed by atoms with Crippen molar-refractivity contribution in [2.75, 3.05) is 40.4 Å². The van der Waals surface area contributed by atoms with Crippen LogP contribution < -0.4 is 10.6 Å². The lowest BCUT2D eigenvalue weighted by Gasteiger charge is -2.33. The van der Waals surface area contributed by atoms with Gasteiger partial charge in [-0.05, 0) is 33.4 Å². The molecule has 2 atom stereocenters. The Kier molecular flexibility index (Phi) is 7.23. The van der Waals surface area contributed by atoms with Crippen molar-refractivity contribution in [3.8, 4) is 0 Å². The van der Waals surface area contributed by atoms with E-state index in [2.05, 4.69) is 22.6 Å². The second-order valence-corrected chi connectivity index (χ2v) is 5.04. The molecule has 5 nitrogen and oxygen atoms in total. The third-order valence-electron chi connectivity index (χ3n) is 3.58. The molecule has 1 saturated heterocycles. The number of ether oxygens (including phenoxy) is 1. The van der Waals surface area contributed by atoms with Crippen molar-refractivity contribution in [1.29, 1.82) is 0 Å². The molecule has 0 aliphatic carbocycles. The lowest BCUT2D eigenvalue weighted by atomic mass is 10.0. The molecule has 1 aliphatic heterocycles. The average molecular weight is 257 g/mol. The minimum atomic E-state index is -0.141. The summed E-state index contributed by atoms with van der Waals surface area (Å²) in [5.74, 6) is 0.0468. The molecule has 1 aliphatic rings. The van der Waals surface area contributed by atoms with Crippen LogP contribution in [0.3, 0.4) is 0 Å². The standard InChI is InChI=1S/C13H27N3O2/c1-11(13(17)14-7-9-18-3)15-10-12-6-4-5-8-16(12)2/h11-12,15H,4-10H2,1-3H3,(H,14,17). The summed E-state index contributed by atoms with van der Waals surface area (Å²) in [7, 11) is 3.79. The van der Waals surface area contributed by atoms with Gasteiger partial charge in [-0.1, -0.05) is 6.42 Å². The number of rotatable bonds is 7. The Hall–Kier alpha value is -0.650. The maximum Gasteiger partial charge on any atom is 0.236 e. The first-order valence-corrected chi connectivity index (χ1v) is 6.85. The lowest BCUT2D eigenvalue weighted by Crippen LogP contribution is -2.49. The van der Waals surface area contributed by atoms with Crippen molar-refractivity contribution < 1.29 is 9.53 Å². The molecule has 2 N–H and O–H groups in total. The molecule has 0 radical (unpaired) electrons. The van der Waals surface area contributed by atoms with Gasteiger partial charge in [0.15, 0.2) is 0 Å². The van der Waals surface area contributed by atoms with Gasteiger partial charge in [-0.2, -0.15) is 0 Å². The van der Waals surface area contributed by atoms with E-state index in [1.807, 2.05) is 6.92 Å². The first-order valence-electron chi connectivity index (χ1n) is 6.85. The Bertz CT molecular complexity index is 248. The summed E-state index contributed by atoms with van der Waals surface area (Å²) < 4.78 is 4.90. The molecule has 1 heterocycles. The monoisotopic (exact) mass is 257 g/mol. The smallest absolute Gasteiger partial charge is 0.236 e. The number of amides is 1. The van der Waals surface area contributed by atoms with Crippen molar-refractivity contribution >= 4 is 5.91 Å². The van der Waals surface area contributed by atoms with Crippen LogP contribution in [0.5, 0.6) is 0 Å². The minimum Gasteiger partial charge on any atom is -0.383 e. The van der Waals surface area contributed by atoms with Crippen LogP contribution in [0, 0.1) is 0 Å². The molecule has 1 amide bonds. The number of nitrogens with zero attached hydrogens (tertiary/aromatic N) is 1. The molecule has 0 aromatic rings. The van der Waals surface area contributed by atoms with Crippen molar-refractivity contribution in [3.63, 3.8) is 0 Å². The first kappa shape index (κ1) is 15.4. The van der Waals surface area contributed by atoms with E-state index in [9.17, 15) is 4.79 Å². The summed E-state index contributed by atoms with van der Waals surface area (Å²) in [6.07, 6.45) is 3.81. The van der Waals surface area contributed by atoms with Crippen LogP contribution >= 0.6 is 0 Å². The number of likely N-dealkylation sites (tertiary alicyclic amines) is 1. The van der Waals surface area contributed by atoms with Crippen LogP contribution in [0.4, 0.5) is 0 Å². The highest BCUT2D eigenvalue weighted by molar-refractivity contribution is 5.81. The van der Waals surface area contributed by atoms with Crippen molar-refractivity contribution in [1.82, 2.24) is 15.5 Å². The highest BCUT2D eigenvalue weighted by Crippen LogP contribution is 2.14. The SMILES string of the molecule is COCCNC(=O)C(C)NCC1CCCCN1C. The van der Waals surface area contributed by atoms with Crippen molar-refractivity contribution in [2.45, 2.75) is 38.3 Å². The predicted molar refractivity (Wildman–Crippen MR) is 72.6 cm³/mol. The van der Waals surface area contributed by atoms with Gasteiger partial charge >= 0.3 is 0 Å². The summed E-state index contributed by atoms with van der Waals surface area (Å²) >= 11 is 0. The number of hydrogen-bond donors (Lipinski definition) is 2. The van der Waals surface area contributed by atoms with Gasteiger partial charge in [0.2, 0.25) is 5.91 Å². The van der Waals surface area contributed by atoms with Crippen LogP contribution in [0.1, 0.15) is 26.2 Å². The summed E-state index contributed by atoms with van der Waals surface area (Å²) in [5.41, 5.74) is 0. The maximum atomic E-state index is 11.7. The summed E-state index contributed by atoms with van der Waals surface area (Å²) in [6, 6.07) is 0.421. The molecular weight excluding hydrogens is 230 g/mol. The molecule has 1 rings (SSSR count). The quantitative estimate of drug-likeness (QED) is 0.640. The summed E-state index contributed by atoms with van der Waals surface area (Å²) in [4.78, 5) is 14.1. The van der Waals surface area contributed by atoms with E-state index >= 15 is 0 Å². The van der Waals surface area contributed by atoms with Gasteiger partial charge in [-0.25, -0.2) is 0 Å². The highest BCUT2D eigenvalue weighted by Gasteiger charge is 2.20. The van der Waals surface area contributed by atoms with Crippen LogP contribution in [-0.4, -0.2) is 63.3 Å². The fourth-order valence-corrected chi connectivity index (χ4v) is 2.24. The molecule has 0 bridgehead atoms. The summed E-state index contributed by atoms with van der Waals surface area (Å²) in [5, 5.41) is 6.16. The van der Waals surface area contributed by atoms with Crippen molar-refractivity contribution in [2.24, 2.45) is 0 Å². The number of carbonyl (C=O) groups excluding carboxylic acids is 1. The van der Waals surface area contributed by atoms with E-state index in [0.29, 0.717) is 19.2 Å². The zero-order chi connectivity index (χ0) is 13.4. The Morgan fingerprint density at radius 2 is 2.28 bits per heavy atom. The molecular formula is C13H27N3O2. The molecule has 106 valence electrons. The van der Waals surface area contributed by atoms with Gasteiger partial charge in [-0.3, -0.25) is 4.79 Å². The summed E-state index contributed by atoms with van der Waals surface area (Å²) in [6.45, 7) is 5.09. The van der Waals surface area contributed by atoms with Gasteiger partial charge < -0.3 is 20.3 Å². The predicted octanol–water partition coefficient (Wildman–Crippen LogP) is 0.211. The van der Waals surface area contributed by atoms with Gasteiger partial charge in [-0.15, -0.1) is 0 Å². The zero-order valence-corrected chi connectivity index (χ0v) is 11.9. The number of likely N-dealkylation sites (N-methyl/N-ethyl adjacent to an activating group) is 1. The second kappa shape index (κ2) is 8.45. The van der Waals surface area contributed by atoms with Crippen LogP contribution in [-0.2, 0) is 9.53 Å². The molecule has 0 spiro atoms. The minimum absolute atomic E-state index is 0.0468.